The summed E-state index contributed by atoms with van der Waals surface area (Å²) in [5.74, 6) is 0. The van der Waals surface area contributed by atoms with E-state index in [-0.39, 0.29) is 21.0 Å². The fraction of sp³-hybridized carbons (Fsp3) is 0. The van der Waals surface area contributed by atoms with Crippen LogP contribution in [0.1, 0.15) is 0 Å². The second kappa shape index (κ2) is 3.69. The zero-order valence-corrected chi connectivity index (χ0v) is 8.96. The van der Waals surface area contributed by atoms with Crippen LogP contribution in [0.5, 0.6) is 0 Å². The summed E-state index contributed by atoms with van der Waals surface area (Å²) in [6.45, 7) is 0. The minimum absolute atomic E-state index is 0.211. The molecule has 12 heavy (non-hydrogen) atoms. The molecule has 0 N–H and O–H groups in total. The van der Waals surface area contributed by atoms with Gasteiger partial charge in [-0.05, 0) is 15.9 Å². The molecule has 0 amide bonds. The van der Waals surface area contributed by atoms with E-state index in [4.69, 9.17) is 46.7 Å². The average Bonchev–Trinajstić information content (AvgIpc) is 2.08. The van der Waals surface area contributed by atoms with Gasteiger partial charge in [-0.25, -0.2) is 0 Å². The summed E-state index contributed by atoms with van der Waals surface area (Å²) < 4.78 is 0.473. The first-order valence-corrected chi connectivity index (χ1v) is 4.48. The summed E-state index contributed by atoms with van der Waals surface area (Å²) in [5, 5.41) is 0.496. The summed E-state index contributed by atoms with van der Waals surface area (Å²) in [4.78, 5) is 0. The summed E-state index contributed by atoms with van der Waals surface area (Å²) >= 11 is 14.6. The Kier molecular flexibility index (Phi) is 3.24. The minimum atomic E-state index is 0.211. The molecule has 0 aliphatic heterocycles. The van der Waals surface area contributed by atoms with E-state index in [0.29, 0.717) is 9.94 Å². The highest BCUT2D eigenvalue weighted by Crippen LogP contribution is 2.25. The lowest BCUT2D eigenvalue weighted by molar-refractivity contribution is 1.79. The third-order valence-corrected chi connectivity index (χ3v) is 3.36. The van der Waals surface area contributed by atoms with E-state index >= 15 is 0 Å². The zero-order valence-electron chi connectivity index (χ0n) is 5.87. The normalized spacial score (nSPS) is 10.2. The molecule has 0 bridgehead atoms. The van der Waals surface area contributed by atoms with Gasteiger partial charge in [-0.3, -0.25) is 0 Å². The first-order chi connectivity index (χ1) is 5.46. The van der Waals surface area contributed by atoms with Gasteiger partial charge in [0, 0.05) is 4.47 Å². The molecule has 0 unspecified atom stereocenters. The van der Waals surface area contributed by atoms with Crippen molar-refractivity contribution < 1.29 is 0 Å². The maximum atomic E-state index is 5.77. The Morgan fingerprint density at radius 1 is 0.833 bits per heavy atom. The molecule has 0 saturated carbocycles. The Morgan fingerprint density at radius 3 is 1.83 bits per heavy atom. The van der Waals surface area contributed by atoms with Gasteiger partial charge < -0.3 is 0 Å². The standard InChI is InChI=1S/C6B3BrCl2/c7-1-2(8)4(10)6(12)5(11)3(1)9. The van der Waals surface area contributed by atoms with Crippen LogP contribution in [0.2, 0.25) is 10.0 Å². The van der Waals surface area contributed by atoms with Gasteiger partial charge in [0.15, 0.2) is 0 Å². The summed E-state index contributed by atoms with van der Waals surface area (Å²) in [6, 6.07) is 0. The van der Waals surface area contributed by atoms with E-state index in [9.17, 15) is 0 Å². The van der Waals surface area contributed by atoms with E-state index in [1.165, 1.54) is 0 Å². The molecule has 0 aliphatic carbocycles. The number of hydrogen-bond donors (Lipinski definition) is 0. The third kappa shape index (κ3) is 1.57. The lowest BCUT2D eigenvalue weighted by Crippen LogP contribution is -2.40. The highest BCUT2D eigenvalue weighted by molar-refractivity contribution is 9.10. The van der Waals surface area contributed by atoms with Gasteiger partial charge in [0.2, 0.25) is 0 Å². The Labute approximate surface area is 93.4 Å². The largest absolute Gasteiger partial charge is 0.115 e. The van der Waals surface area contributed by atoms with E-state index < -0.39 is 0 Å². The fourth-order valence-corrected chi connectivity index (χ4v) is 1.64. The molecule has 0 aromatic heterocycles. The molecule has 0 atom stereocenters. The van der Waals surface area contributed by atoms with E-state index in [1.54, 1.807) is 0 Å². The average molecular weight is 255 g/mol. The monoisotopic (exact) mass is 254 g/mol. The second-order valence-corrected chi connectivity index (χ2v) is 3.73. The smallest absolute Gasteiger partial charge is 0.108 e. The Morgan fingerprint density at radius 2 is 1.33 bits per heavy atom. The molecule has 1 rings (SSSR count). The summed E-state index contributed by atoms with van der Waals surface area (Å²) in [7, 11) is 16.6. The lowest BCUT2D eigenvalue weighted by Gasteiger charge is -2.12. The molecule has 6 heteroatoms. The fourth-order valence-electron chi connectivity index (χ4n) is 0.714. The molecule has 0 heterocycles. The maximum absolute atomic E-state index is 5.77. The van der Waals surface area contributed by atoms with Crippen molar-refractivity contribution in [2.75, 3.05) is 0 Å². The Balaban J connectivity index is 3.60. The predicted molar refractivity (Wildman–Crippen MR) is 60.3 cm³/mol. The van der Waals surface area contributed by atoms with Crippen LogP contribution in [0.3, 0.4) is 0 Å². The molecule has 0 fully saturated rings. The van der Waals surface area contributed by atoms with Crippen LogP contribution in [-0.4, -0.2) is 23.5 Å². The van der Waals surface area contributed by atoms with Crippen molar-refractivity contribution in [3.8, 4) is 0 Å². The molecule has 6 radical (unpaired) electrons. The van der Waals surface area contributed by atoms with Gasteiger partial charge >= 0.3 is 0 Å². The van der Waals surface area contributed by atoms with Crippen molar-refractivity contribution in [2.45, 2.75) is 0 Å². The molecule has 1 aromatic rings. The molecule has 0 aliphatic rings. The van der Waals surface area contributed by atoms with Crippen molar-refractivity contribution in [1.82, 2.24) is 0 Å². The van der Waals surface area contributed by atoms with Crippen molar-refractivity contribution in [1.29, 1.82) is 0 Å². The summed E-state index contributed by atoms with van der Waals surface area (Å²) in [6.07, 6.45) is 0. The molecule has 1 aromatic carbocycles. The quantitative estimate of drug-likeness (QED) is 0.457. The lowest BCUT2D eigenvalue weighted by atomic mass is 9.72. The highest BCUT2D eigenvalue weighted by atomic mass is 79.9. The molecule has 0 saturated heterocycles. The van der Waals surface area contributed by atoms with Crippen molar-refractivity contribution in [3.05, 3.63) is 14.5 Å². The Hall–Kier alpha value is 0.475. The van der Waals surface area contributed by atoms with Crippen LogP contribution in [-0.2, 0) is 0 Å². The molecule has 0 spiro atoms. The SMILES string of the molecule is [B]c1c([B])c(Cl)c(Cl)c(Br)c1[B]. The topological polar surface area (TPSA) is 0 Å². The second-order valence-electron chi connectivity index (χ2n) is 2.18. The number of rotatable bonds is 0. The van der Waals surface area contributed by atoms with E-state index in [2.05, 4.69) is 15.9 Å². The third-order valence-electron chi connectivity index (χ3n) is 1.44. The van der Waals surface area contributed by atoms with E-state index in [0.717, 1.165) is 0 Å². The first kappa shape index (κ1) is 10.6. The predicted octanol–water partition coefficient (Wildman–Crippen LogP) is 0.137. The van der Waals surface area contributed by atoms with Crippen LogP contribution >= 0.6 is 39.1 Å². The van der Waals surface area contributed by atoms with Crippen molar-refractivity contribution >= 4 is 79.1 Å². The van der Waals surface area contributed by atoms with Gasteiger partial charge in [0.1, 0.15) is 23.5 Å². The van der Waals surface area contributed by atoms with Crippen molar-refractivity contribution in [3.63, 3.8) is 0 Å². The maximum Gasteiger partial charge on any atom is 0.115 e. The van der Waals surface area contributed by atoms with Crippen LogP contribution in [0.4, 0.5) is 0 Å². The van der Waals surface area contributed by atoms with Crippen molar-refractivity contribution in [2.24, 2.45) is 0 Å². The van der Waals surface area contributed by atoms with Crippen LogP contribution < -0.4 is 16.4 Å². The van der Waals surface area contributed by atoms with Crippen LogP contribution in [0.25, 0.3) is 0 Å². The van der Waals surface area contributed by atoms with Gasteiger partial charge in [0.05, 0.1) is 10.0 Å². The van der Waals surface area contributed by atoms with Crippen LogP contribution in [0, 0.1) is 0 Å². The number of benzene rings is 1. The summed E-state index contributed by atoms with van der Waals surface area (Å²) in [5.41, 5.74) is 0.764. The molecule has 54 valence electrons. The Bertz CT molecular complexity index is 235. The molecular formula is C6B3BrCl2. The molecule has 0 nitrogen and oxygen atoms in total. The first-order valence-electron chi connectivity index (χ1n) is 2.93. The van der Waals surface area contributed by atoms with Gasteiger partial charge in [-0.2, -0.15) is 0 Å². The number of halogens is 3. The van der Waals surface area contributed by atoms with Gasteiger partial charge in [-0.15, -0.1) is 5.46 Å². The van der Waals surface area contributed by atoms with Crippen LogP contribution in [0.15, 0.2) is 4.47 Å². The molecular weight excluding hydrogens is 255 g/mol. The van der Waals surface area contributed by atoms with E-state index in [1.807, 2.05) is 0 Å². The highest BCUT2D eigenvalue weighted by Gasteiger charge is 2.11. The van der Waals surface area contributed by atoms with Gasteiger partial charge in [-0.1, -0.05) is 34.1 Å². The number of hydrogen-bond acceptors (Lipinski definition) is 0. The van der Waals surface area contributed by atoms with Gasteiger partial charge in [0.25, 0.3) is 0 Å². The minimum Gasteiger partial charge on any atom is -0.108 e. The zero-order chi connectivity index (χ0) is 9.46.